The van der Waals surface area contributed by atoms with Gasteiger partial charge in [0.15, 0.2) is 11.5 Å². The smallest absolute Gasteiger partial charge is 0.175 e. The Morgan fingerprint density at radius 1 is 1.10 bits per heavy atom. The van der Waals surface area contributed by atoms with Gasteiger partial charge >= 0.3 is 0 Å². The van der Waals surface area contributed by atoms with E-state index in [0.717, 1.165) is 68.0 Å². The Balaban J connectivity index is 0.00000240. The molecule has 1 aliphatic rings. The zero-order valence-electron chi connectivity index (χ0n) is 17.6. The van der Waals surface area contributed by atoms with Crippen LogP contribution in [0.5, 0.6) is 11.5 Å². The second-order valence-corrected chi connectivity index (χ2v) is 7.86. The first-order chi connectivity index (χ1) is 14.2. The maximum Gasteiger partial charge on any atom is 0.175 e. The van der Waals surface area contributed by atoms with Gasteiger partial charge in [-0.05, 0) is 70.8 Å². The van der Waals surface area contributed by atoms with Gasteiger partial charge in [-0.2, -0.15) is 0 Å². The van der Waals surface area contributed by atoms with E-state index in [9.17, 15) is 4.39 Å². The topological polar surface area (TPSA) is 43.0 Å². The summed E-state index contributed by atoms with van der Waals surface area (Å²) >= 11 is 3.59. The van der Waals surface area contributed by atoms with Gasteiger partial charge in [-0.3, -0.25) is 4.90 Å². The molecule has 174 valence electrons. The summed E-state index contributed by atoms with van der Waals surface area (Å²) < 4.78 is 30.7. The number of ether oxygens (including phenoxy) is 3. The van der Waals surface area contributed by atoms with Gasteiger partial charge in [-0.15, -0.1) is 24.8 Å². The minimum atomic E-state index is -0.255. The molecule has 0 bridgehead atoms. The molecular formula is C22H30BrCl2FN2O3. The molecule has 1 fully saturated rings. The van der Waals surface area contributed by atoms with Crippen molar-refractivity contribution in [3.63, 3.8) is 0 Å². The fraction of sp³-hybridized carbons (Fsp3) is 0.455. The number of methoxy groups -OCH3 is 1. The highest BCUT2D eigenvalue weighted by Gasteiger charge is 2.13. The molecule has 0 spiro atoms. The summed E-state index contributed by atoms with van der Waals surface area (Å²) in [7, 11) is 1.63. The van der Waals surface area contributed by atoms with Crippen molar-refractivity contribution >= 4 is 40.7 Å². The minimum Gasteiger partial charge on any atom is -0.493 e. The lowest BCUT2D eigenvalue weighted by atomic mass is 10.2. The Bertz CT molecular complexity index is 778. The van der Waals surface area contributed by atoms with E-state index >= 15 is 0 Å². The van der Waals surface area contributed by atoms with E-state index in [1.165, 1.54) is 12.1 Å². The lowest BCUT2D eigenvalue weighted by Gasteiger charge is -2.26. The molecule has 3 rings (SSSR count). The Morgan fingerprint density at radius 3 is 2.48 bits per heavy atom. The van der Waals surface area contributed by atoms with Crippen molar-refractivity contribution in [2.45, 2.75) is 19.6 Å². The highest BCUT2D eigenvalue weighted by atomic mass is 79.9. The molecule has 2 aromatic carbocycles. The molecule has 0 radical (unpaired) electrons. The van der Waals surface area contributed by atoms with Crippen LogP contribution in [-0.2, 0) is 17.9 Å². The van der Waals surface area contributed by atoms with Crippen LogP contribution in [0.15, 0.2) is 40.9 Å². The highest BCUT2D eigenvalue weighted by molar-refractivity contribution is 9.10. The molecule has 0 aromatic heterocycles. The van der Waals surface area contributed by atoms with Gasteiger partial charge in [0, 0.05) is 19.6 Å². The van der Waals surface area contributed by atoms with Crippen LogP contribution in [-0.4, -0.2) is 51.4 Å². The molecule has 31 heavy (non-hydrogen) atoms. The molecule has 1 N–H and O–H groups in total. The Kier molecular flexibility index (Phi) is 13.4. The van der Waals surface area contributed by atoms with Gasteiger partial charge in [0.25, 0.3) is 0 Å². The fourth-order valence-electron chi connectivity index (χ4n) is 3.24. The first-order valence-corrected chi connectivity index (χ1v) is 10.7. The van der Waals surface area contributed by atoms with Gasteiger partial charge in [0.05, 0.1) is 24.8 Å². The zero-order chi connectivity index (χ0) is 20.5. The van der Waals surface area contributed by atoms with Crippen molar-refractivity contribution < 1.29 is 18.6 Å². The fourth-order valence-corrected chi connectivity index (χ4v) is 3.84. The number of nitrogens with zero attached hydrogens (tertiary/aromatic N) is 1. The SMILES string of the molecule is COc1cc(CNCCCN2CCOCC2)cc(Br)c1OCc1ccc(F)cc1.Cl.Cl. The van der Waals surface area contributed by atoms with Crippen molar-refractivity contribution in [2.24, 2.45) is 0 Å². The third-order valence-electron chi connectivity index (χ3n) is 4.85. The predicted molar refractivity (Wildman–Crippen MR) is 130 cm³/mol. The predicted octanol–water partition coefficient (Wildman–Crippen LogP) is 4.83. The summed E-state index contributed by atoms with van der Waals surface area (Å²) in [5, 5.41) is 3.49. The van der Waals surface area contributed by atoms with Crippen molar-refractivity contribution in [3.8, 4) is 11.5 Å². The number of benzene rings is 2. The highest BCUT2D eigenvalue weighted by Crippen LogP contribution is 2.37. The van der Waals surface area contributed by atoms with Crippen LogP contribution < -0.4 is 14.8 Å². The quantitative estimate of drug-likeness (QED) is 0.438. The van der Waals surface area contributed by atoms with E-state index < -0.39 is 0 Å². The van der Waals surface area contributed by atoms with E-state index in [2.05, 4.69) is 26.1 Å². The van der Waals surface area contributed by atoms with Gasteiger partial charge in [0.2, 0.25) is 0 Å². The Morgan fingerprint density at radius 2 is 1.81 bits per heavy atom. The standard InChI is InChI=1S/C22H28BrFN2O3.2ClH/c1-27-21-14-18(15-25-7-2-8-26-9-11-28-12-10-26)13-20(23)22(21)29-16-17-3-5-19(24)6-4-17;;/h3-6,13-14,25H,2,7-12,15-16H2,1H3;2*1H. The molecule has 0 unspecified atom stereocenters. The number of rotatable bonds is 10. The van der Waals surface area contributed by atoms with Gasteiger partial charge in [-0.1, -0.05) is 12.1 Å². The average Bonchev–Trinajstić information content (AvgIpc) is 2.74. The summed E-state index contributed by atoms with van der Waals surface area (Å²) in [5.41, 5.74) is 2.01. The Labute approximate surface area is 204 Å². The lowest BCUT2D eigenvalue weighted by Crippen LogP contribution is -2.37. The lowest BCUT2D eigenvalue weighted by molar-refractivity contribution is 0.0374. The van der Waals surface area contributed by atoms with E-state index in [0.29, 0.717) is 18.1 Å². The largest absolute Gasteiger partial charge is 0.493 e. The van der Waals surface area contributed by atoms with Crippen LogP contribution >= 0.6 is 40.7 Å². The van der Waals surface area contributed by atoms with Gasteiger partial charge in [0.1, 0.15) is 12.4 Å². The third-order valence-corrected chi connectivity index (χ3v) is 5.44. The van der Waals surface area contributed by atoms with E-state index in [-0.39, 0.29) is 30.6 Å². The molecule has 0 amide bonds. The van der Waals surface area contributed by atoms with E-state index in [1.54, 1.807) is 19.2 Å². The summed E-state index contributed by atoms with van der Waals surface area (Å²) in [6.45, 7) is 6.91. The van der Waals surface area contributed by atoms with Crippen LogP contribution in [0.4, 0.5) is 4.39 Å². The van der Waals surface area contributed by atoms with Crippen molar-refractivity contribution in [2.75, 3.05) is 46.5 Å². The summed E-state index contributed by atoms with van der Waals surface area (Å²) in [6, 6.07) is 10.3. The number of halogens is 4. The second kappa shape index (κ2) is 14.9. The number of hydrogen-bond donors (Lipinski definition) is 1. The first-order valence-electron chi connectivity index (χ1n) is 9.90. The maximum absolute atomic E-state index is 13.0. The molecule has 1 saturated heterocycles. The number of hydrogen-bond acceptors (Lipinski definition) is 5. The van der Waals surface area contributed by atoms with Crippen molar-refractivity contribution in [1.82, 2.24) is 10.2 Å². The molecule has 9 heteroatoms. The third kappa shape index (κ3) is 9.12. The molecule has 0 aliphatic carbocycles. The summed E-state index contributed by atoms with van der Waals surface area (Å²) in [4.78, 5) is 2.44. The van der Waals surface area contributed by atoms with Crippen LogP contribution in [0.1, 0.15) is 17.5 Å². The van der Waals surface area contributed by atoms with Crippen LogP contribution in [0.3, 0.4) is 0 Å². The normalized spacial score (nSPS) is 13.8. The zero-order valence-corrected chi connectivity index (χ0v) is 20.8. The van der Waals surface area contributed by atoms with Crippen molar-refractivity contribution in [1.29, 1.82) is 0 Å². The van der Waals surface area contributed by atoms with Gasteiger partial charge < -0.3 is 19.5 Å². The van der Waals surface area contributed by atoms with E-state index in [1.807, 2.05) is 12.1 Å². The average molecular weight is 540 g/mol. The van der Waals surface area contributed by atoms with Crippen LogP contribution in [0.25, 0.3) is 0 Å². The summed E-state index contributed by atoms with van der Waals surface area (Å²) in [6.07, 6.45) is 1.11. The first kappa shape index (κ1) is 27.9. The minimum absolute atomic E-state index is 0. The molecule has 2 aromatic rings. The monoisotopic (exact) mass is 538 g/mol. The number of morpholine rings is 1. The van der Waals surface area contributed by atoms with Gasteiger partial charge in [-0.25, -0.2) is 4.39 Å². The van der Waals surface area contributed by atoms with Crippen molar-refractivity contribution in [3.05, 3.63) is 57.8 Å². The number of nitrogens with one attached hydrogen (secondary N) is 1. The molecular weight excluding hydrogens is 510 g/mol. The molecule has 1 heterocycles. The molecule has 0 atom stereocenters. The molecule has 0 saturated carbocycles. The Hall–Kier alpha value is -1.09. The maximum atomic E-state index is 13.0. The summed E-state index contributed by atoms with van der Waals surface area (Å²) in [5.74, 6) is 1.06. The van der Waals surface area contributed by atoms with E-state index in [4.69, 9.17) is 14.2 Å². The van der Waals surface area contributed by atoms with Crippen LogP contribution in [0.2, 0.25) is 0 Å². The van der Waals surface area contributed by atoms with Crippen LogP contribution in [0, 0.1) is 5.82 Å². The second-order valence-electron chi connectivity index (χ2n) is 7.01. The molecule has 1 aliphatic heterocycles. The molecule has 5 nitrogen and oxygen atoms in total.